The smallest absolute Gasteiger partial charge is 0.307 e. The Morgan fingerprint density at radius 1 is 1.47 bits per heavy atom. The Labute approximate surface area is 113 Å². The molecule has 1 heterocycles. The van der Waals surface area contributed by atoms with Crippen LogP contribution in [-0.4, -0.2) is 37.3 Å². The lowest BCUT2D eigenvalue weighted by Gasteiger charge is -2.31. The molecular weight excluding hydrogens is 240 g/mol. The van der Waals surface area contributed by atoms with Crippen molar-refractivity contribution < 1.29 is 9.90 Å². The molecule has 1 aromatic carbocycles. The molecular formula is C15H18N2O2. The van der Waals surface area contributed by atoms with E-state index in [9.17, 15) is 4.79 Å². The summed E-state index contributed by atoms with van der Waals surface area (Å²) in [7, 11) is 0. The number of carboxylic acid groups (broad SMARTS) is 1. The van der Waals surface area contributed by atoms with Crippen molar-refractivity contribution >= 4 is 11.7 Å². The lowest BCUT2D eigenvalue weighted by Crippen LogP contribution is -2.43. The third-order valence-corrected chi connectivity index (χ3v) is 3.41. The first-order chi connectivity index (χ1) is 9.11. The predicted molar refractivity (Wildman–Crippen MR) is 75.5 cm³/mol. The molecule has 0 unspecified atom stereocenters. The molecule has 2 rings (SSSR count). The summed E-state index contributed by atoms with van der Waals surface area (Å²) >= 11 is 0. The Balaban J connectivity index is 2.39. The van der Waals surface area contributed by atoms with Crippen molar-refractivity contribution in [3.05, 3.63) is 28.8 Å². The van der Waals surface area contributed by atoms with Gasteiger partial charge >= 0.3 is 5.97 Å². The molecule has 100 valence electrons. The van der Waals surface area contributed by atoms with Gasteiger partial charge in [-0.1, -0.05) is 5.92 Å². The number of aliphatic carboxylic acids is 1. The molecule has 1 aliphatic heterocycles. The van der Waals surface area contributed by atoms with Crippen LogP contribution >= 0.6 is 0 Å². The highest BCUT2D eigenvalue weighted by molar-refractivity contribution is 5.72. The highest BCUT2D eigenvalue weighted by atomic mass is 16.4. The van der Waals surface area contributed by atoms with Crippen molar-refractivity contribution in [3.8, 4) is 12.3 Å². The van der Waals surface area contributed by atoms with Crippen molar-refractivity contribution in [3.63, 3.8) is 0 Å². The Morgan fingerprint density at radius 3 is 2.74 bits per heavy atom. The Kier molecular flexibility index (Phi) is 4.08. The second-order valence-corrected chi connectivity index (χ2v) is 4.74. The molecule has 4 heteroatoms. The number of hydrogen-bond acceptors (Lipinski definition) is 3. The number of benzene rings is 1. The van der Waals surface area contributed by atoms with Gasteiger partial charge in [-0.2, -0.15) is 0 Å². The number of rotatable bonds is 3. The molecule has 0 radical (unpaired) electrons. The molecule has 0 saturated carbocycles. The number of terminal acetylenes is 1. The number of piperazine rings is 1. The minimum atomic E-state index is -0.835. The second kappa shape index (κ2) is 5.77. The average molecular weight is 258 g/mol. The summed E-state index contributed by atoms with van der Waals surface area (Å²) in [5.41, 5.74) is 3.67. The number of carboxylic acids is 1. The summed E-state index contributed by atoms with van der Waals surface area (Å²) in [5.74, 6) is 1.82. The van der Waals surface area contributed by atoms with Crippen molar-refractivity contribution in [2.45, 2.75) is 13.3 Å². The first-order valence-corrected chi connectivity index (χ1v) is 6.39. The largest absolute Gasteiger partial charge is 0.481 e. The maximum atomic E-state index is 10.9. The fraction of sp³-hybridized carbons (Fsp3) is 0.400. The topological polar surface area (TPSA) is 52.6 Å². The van der Waals surface area contributed by atoms with E-state index >= 15 is 0 Å². The zero-order chi connectivity index (χ0) is 13.8. The van der Waals surface area contributed by atoms with E-state index in [2.05, 4.69) is 16.1 Å². The van der Waals surface area contributed by atoms with Gasteiger partial charge in [0.25, 0.3) is 0 Å². The number of nitrogens with one attached hydrogen (secondary N) is 1. The van der Waals surface area contributed by atoms with Crippen LogP contribution in [0.2, 0.25) is 0 Å². The molecule has 0 aliphatic carbocycles. The minimum Gasteiger partial charge on any atom is -0.481 e. The van der Waals surface area contributed by atoms with E-state index in [4.69, 9.17) is 11.5 Å². The van der Waals surface area contributed by atoms with E-state index in [1.807, 2.05) is 13.0 Å². The molecule has 19 heavy (non-hydrogen) atoms. The van der Waals surface area contributed by atoms with Crippen LogP contribution in [0.5, 0.6) is 0 Å². The van der Waals surface area contributed by atoms with Gasteiger partial charge in [0.15, 0.2) is 0 Å². The van der Waals surface area contributed by atoms with Crippen molar-refractivity contribution in [2.24, 2.45) is 0 Å². The zero-order valence-electron chi connectivity index (χ0n) is 11.1. The van der Waals surface area contributed by atoms with Crippen LogP contribution in [0.1, 0.15) is 16.7 Å². The molecule has 1 saturated heterocycles. The molecule has 0 amide bonds. The third kappa shape index (κ3) is 3.07. The first-order valence-electron chi connectivity index (χ1n) is 6.39. The molecule has 0 spiro atoms. The van der Waals surface area contributed by atoms with Gasteiger partial charge in [0.05, 0.1) is 6.42 Å². The van der Waals surface area contributed by atoms with Crippen molar-refractivity contribution in [2.75, 3.05) is 31.1 Å². The highest BCUT2D eigenvalue weighted by Crippen LogP contribution is 2.26. The average Bonchev–Trinajstić information content (AvgIpc) is 2.41. The lowest BCUT2D eigenvalue weighted by atomic mass is 10.00. The van der Waals surface area contributed by atoms with Gasteiger partial charge in [-0.05, 0) is 30.2 Å². The Bertz CT molecular complexity index is 526. The highest BCUT2D eigenvalue weighted by Gasteiger charge is 2.16. The molecule has 0 atom stereocenters. The monoisotopic (exact) mass is 258 g/mol. The summed E-state index contributed by atoms with van der Waals surface area (Å²) in [6.45, 7) is 5.71. The standard InChI is InChI=1S/C15H18N2O2/c1-3-13-8-12(10-15(18)19)9-14(11(13)2)17-6-4-16-5-7-17/h1,8-9,16H,4-7,10H2,2H3,(H,18,19). The molecule has 4 nitrogen and oxygen atoms in total. The van der Waals surface area contributed by atoms with Crippen LogP contribution in [0.15, 0.2) is 12.1 Å². The van der Waals surface area contributed by atoms with Crippen LogP contribution in [0, 0.1) is 19.3 Å². The molecule has 1 aliphatic rings. The van der Waals surface area contributed by atoms with E-state index in [0.717, 1.165) is 48.6 Å². The molecule has 2 N–H and O–H groups in total. The molecule has 0 aromatic heterocycles. The molecule has 0 bridgehead atoms. The number of carbonyl (C=O) groups is 1. The fourth-order valence-electron chi connectivity index (χ4n) is 2.42. The third-order valence-electron chi connectivity index (χ3n) is 3.41. The van der Waals surface area contributed by atoms with E-state index in [1.165, 1.54) is 0 Å². The minimum absolute atomic E-state index is 0.00799. The number of hydrogen-bond donors (Lipinski definition) is 2. The van der Waals surface area contributed by atoms with Gasteiger partial charge in [0.1, 0.15) is 0 Å². The van der Waals surface area contributed by atoms with E-state index < -0.39 is 5.97 Å². The van der Waals surface area contributed by atoms with Gasteiger partial charge < -0.3 is 15.3 Å². The second-order valence-electron chi connectivity index (χ2n) is 4.74. The maximum Gasteiger partial charge on any atom is 0.307 e. The Hall–Kier alpha value is -1.99. The first kappa shape index (κ1) is 13.4. The molecule has 1 fully saturated rings. The van der Waals surface area contributed by atoms with Gasteiger partial charge in [0, 0.05) is 37.4 Å². The van der Waals surface area contributed by atoms with Gasteiger partial charge in [0.2, 0.25) is 0 Å². The van der Waals surface area contributed by atoms with Gasteiger partial charge in [-0.3, -0.25) is 4.79 Å². The maximum absolute atomic E-state index is 10.9. The summed E-state index contributed by atoms with van der Waals surface area (Å²) in [4.78, 5) is 13.1. The van der Waals surface area contributed by atoms with E-state index in [1.54, 1.807) is 6.07 Å². The van der Waals surface area contributed by atoms with Crippen LogP contribution in [0.4, 0.5) is 5.69 Å². The number of nitrogens with zero attached hydrogens (tertiary/aromatic N) is 1. The van der Waals surface area contributed by atoms with Crippen molar-refractivity contribution in [1.82, 2.24) is 5.32 Å². The Morgan fingerprint density at radius 2 is 2.16 bits per heavy atom. The normalized spacial score (nSPS) is 15.1. The van der Waals surface area contributed by atoms with E-state index in [0.29, 0.717) is 0 Å². The fourth-order valence-corrected chi connectivity index (χ4v) is 2.42. The zero-order valence-corrected chi connectivity index (χ0v) is 11.1. The van der Waals surface area contributed by atoms with Crippen LogP contribution < -0.4 is 10.2 Å². The summed E-state index contributed by atoms with van der Waals surface area (Å²) in [6.07, 6.45) is 5.53. The SMILES string of the molecule is C#Cc1cc(CC(=O)O)cc(N2CCNCC2)c1C. The van der Waals surface area contributed by atoms with Gasteiger partial charge in [-0.15, -0.1) is 6.42 Å². The lowest BCUT2D eigenvalue weighted by molar-refractivity contribution is -0.136. The van der Waals surface area contributed by atoms with E-state index in [-0.39, 0.29) is 6.42 Å². The summed E-state index contributed by atoms with van der Waals surface area (Å²) in [6, 6.07) is 3.75. The number of anilines is 1. The van der Waals surface area contributed by atoms with Crippen LogP contribution in [0.3, 0.4) is 0 Å². The summed E-state index contributed by atoms with van der Waals surface area (Å²) < 4.78 is 0. The van der Waals surface area contributed by atoms with Crippen LogP contribution in [-0.2, 0) is 11.2 Å². The summed E-state index contributed by atoms with van der Waals surface area (Å²) in [5, 5.41) is 12.2. The van der Waals surface area contributed by atoms with Crippen molar-refractivity contribution in [1.29, 1.82) is 0 Å². The quantitative estimate of drug-likeness (QED) is 0.795. The van der Waals surface area contributed by atoms with Crippen LogP contribution in [0.25, 0.3) is 0 Å². The predicted octanol–water partition coefficient (Wildman–Crippen LogP) is 1.01. The van der Waals surface area contributed by atoms with Gasteiger partial charge in [-0.25, -0.2) is 0 Å². The molecule has 1 aromatic rings.